The van der Waals surface area contributed by atoms with Crippen LogP contribution in [-0.4, -0.2) is 38.4 Å². The summed E-state index contributed by atoms with van der Waals surface area (Å²) in [4.78, 5) is 3.54. The zero-order valence-corrected chi connectivity index (χ0v) is 59.1. The highest BCUT2D eigenvalue weighted by Crippen LogP contribution is 2.51. The maximum atomic E-state index is 18.0. The van der Waals surface area contributed by atoms with E-state index < -0.39 is 43.4 Å². The lowest BCUT2D eigenvalue weighted by Gasteiger charge is -2.43. The molecule has 0 saturated carbocycles. The monoisotopic (exact) mass is 1440 g/mol. The summed E-state index contributed by atoms with van der Waals surface area (Å²) in [5.41, 5.74) is 19.9. The molecule has 9 nitrogen and oxygen atoms in total. The van der Waals surface area contributed by atoms with E-state index in [1.165, 1.54) is 36.4 Å². The van der Waals surface area contributed by atoms with Gasteiger partial charge in [-0.15, -0.1) is 0 Å². The molecule has 6 aliphatic heterocycles. The van der Waals surface area contributed by atoms with E-state index in [2.05, 4.69) is 218 Å². The van der Waals surface area contributed by atoms with Crippen LogP contribution in [0, 0.1) is 23.3 Å². The minimum Gasteiger partial charge on any atom is -0.458 e. The number of rotatable bonds is 5. The van der Waals surface area contributed by atoms with Gasteiger partial charge in [0.25, 0.3) is 20.1 Å². The Morgan fingerprint density at radius 1 is 0.214 bits per heavy atom. The zero-order valence-electron chi connectivity index (χ0n) is 59.1. The lowest BCUT2D eigenvalue weighted by Crippen LogP contribution is -2.64. The van der Waals surface area contributed by atoms with E-state index in [0.717, 1.165) is 159 Å². The molecule has 16 aromatic carbocycles. The van der Waals surface area contributed by atoms with Crippen LogP contribution < -0.4 is 73.2 Å². The SMILES string of the molecule is Fc1cccc(F)c1N1c2cc3c(cc2B2c4ccccc4Oc4cc(-n5c6ccccc6c6ccccc65)cc1c42)B1c2cc4c(cc2Oc2cc(-n5c6ccccc6c6ccccc65)cc(c21)O3)N(c1c(F)cccc1F)c1cc(-n2c3ccccc3c3ccccc32)cc2c1B4c1cccc3c4ccccc4n-2c13. The van der Waals surface area contributed by atoms with E-state index in [-0.39, 0.29) is 11.4 Å². The van der Waals surface area contributed by atoms with E-state index in [0.29, 0.717) is 57.2 Å². The van der Waals surface area contributed by atoms with Crippen LogP contribution in [0.15, 0.2) is 309 Å². The Kier molecular flexibility index (Phi) is 11.8. The van der Waals surface area contributed by atoms with Gasteiger partial charge in [-0.2, -0.15) is 0 Å². The zero-order chi connectivity index (χ0) is 73.4. The van der Waals surface area contributed by atoms with Crippen LogP contribution >= 0.6 is 0 Å². The average molecular weight is 1440 g/mol. The van der Waals surface area contributed by atoms with Crippen LogP contribution in [0.4, 0.5) is 51.7 Å². The summed E-state index contributed by atoms with van der Waals surface area (Å²) in [5.74, 6) is 0.0787. The Balaban J connectivity index is 0.771. The molecule has 0 amide bonds. The van der Waals surface area contributed by atoms with Crippen molar-refractivity contribution in [2.75, 3.05) is 9.80 Å². The highest BCUT2D eigenvalue weighted by Gasteiger charge is 2.51. The summed E-state index contributed by atoms with van der Waals surface area (Å²) < 4.78 is 103. The molecule has 0 spiro atoms. The lowest BCUT2D eigenvalue weighted by molar-refractivity contribution is 0.464. The molecule has 10 heterocycles. The fourth-order valence-electron chi connectivity index (χ4n) is 20.4. The van der Waals surface area contributed by atoms with Crippen molar-refractivity contribution in [1.29, 1.82) is 0 Å². The van der Waals surface area contributed by atoms with Crippen molar-refractivity contribution in [2.24, 2.45) is 0 Å². The quantitative estimate of drug-likeness (QED) is 0.127. The first-order chi connectivity index (χ1) is 55.2. The van der Waals surface area contributed by atoms with E-state index in [9.17, 15) is 0 Å². The van der Waals surface area contributed by atoms with Gasteiger partial charge >= 0.3 is 0 Å². The van der Waals surface area contributed by atoms with Crippen molar-refractivity contribution in [3.8, 4) is 57.2 Å². The summed E-state index contributed by atoms with van der Waals surface area (Å²) in [7, 11) is 0. The molecule has 16 heteroatoms. The molecular weight excluding hydrogens is 1390 g/mol. The highest BCUT2D eigenvalue weighted by atomic mass is 19.1. The topological polar surface area (TPSA) is 53.9 Å². The van der Waals surface area contributed by atoms with Crippen LogP contribution in [0.1, 0.15) is 0 Å². The van der Waals surface area contributed by atoms with Crippen molar-refractivity contribution in [3.05, 3.63) is 333 Å². The van der Waals surface area contributed by atoms with Gasteiger partial charge in [-0.3, -0.25) is 0 Å². The van der Waals surface area contributed by atoms with Gasteiger partial charge in [0.05, 0.1) is 55.7 Å². The number of para-hydroxylation sites is 11. The Bertz CT molecular complexity index is 7560. The molecule has 0 bridgehead atoms. The second-order valence-corrected chi connectivity index (χ2v) is 30.2. The predicted molar refractivity (Wildman–Crippen MR) is 447 cm³/mol. The summed E-state index contributed by atoms with van der Waals surface area (Å²) in [5, 5.41) is 8.50. The molecule has 0 radical (unpaired) electrons. The average Bonchev–Trinajstić information content (AvgIpc) is 1.12. The summed E-state index contributed by atoms with van der Waals surface area (Å²) >= 11 is 0. The van der Waals surface area contributed by atoms with Crippen molar-refractivity contribution in [3.63, 3.8) is 0 Å². The van der Waals surface area contributed by atoms with E-state index in [4.69, 9.17) is 14.2 Å². The van der Waals surface area contributed by atoms with Gasteiger partial charge in [-0.25, -0.2) is 17.6 Å². The van der Waals surface area contributed by atoms with Crippen LogP contribution in [0.25, 0.3) is 110 Å². The molecule has 520 valence electrons. The van der Waals surface area contributed by atoms with E-state index in [1.54, 1.807) is 9.80 Å². The standard InChI is InChI=1S/C96H51B3F4N6O3/c100-69-30-18-31-70(101)95(69)108-81-51-87-68(49-66(81)98-64-29-17-27-62-61-26-7-15-40-79(61)107(94(62)64)82-42-52(43-83(108)91(82)98)104-73-34-9-1-20-55(73)56-21-2-10-35-74(56)104)99-67-48-65-80(50-86(67)111-89-46-54(47-90(112-87)93(89)99)106-77-38-13-5-24-59(77)60-25-6-14-39-78(60)106)109(96-71(102)32-19-33-72(96)103)84-44-53(45-88-92(84)97(65)63-28-8-16-41-85(63)110-88)105-75-36-11-3-22-57(75)58-23-4-12-37-76(58)105/h1-51H. The molecule has 112 heavy (non-hydrogen) atoms. The van der Waals surface area contributed by atoms with Crippen molar-refractivity contribution in [1.82, 2.24) is 18.3 Å². The van der Waals surface area contributed by atoms with Crippen molar-refractivity contribution >= 4 is 191 Å². The number of anilines is 6. The van der Waals surface area contributed by atoms with Gasteiger partial charge in [-0.1, -0.05) is 188 Å². The van der Waals surface area contributed by atoms with Gasteiger partial charge in [0.15, 0.2) is 0 Å². The number of nitrogens with zero attached hydrogens (tertiary/aromatic N) is 6. The molecule has 0 saturated heterocycles. The third kappa shape index (κ3) is 7.79. The van der Waals surface area contributed by atoms with Crippen LogP contribution in [-0.2, 0) is 0 Å². The molecule has 20 aromatic rings. The number of ether oxygens (including phenoxy) is 3. The normalized spacial score (nSPS) is 13.7. The second kappa shape index (κ2) is 21.7. The molecule has 0 N–H and O–H groups in total. The van der Waals surface area contributed by atoms with Crippen molar-refractivity contribution < 1.29 is 31.8 Å². The summed E-state index contributed by atoms with van der Waals surface area (Å²) in [6, 6.07) is 102. The molecular formula is C96H51B3F4N6O3. The smallest absolute Gasteiger partial charge is 0.260 e. The molecule has 0 atom stereocenters. The maximum Gasteiger partial charge on any atom is 0.260 e. The van der Waals surface area contributed by atoms with Gasteiger partial charge in [-0.05, 0) is 135 Å². The number of hydrogen-bond acceptors (Lipinski definition) is 5. The van der Waals surface area contributed by atoms with Gasteiger partial charge in [0, 0.05) is 113 Å². The number of fused-ring (bicyclic) bond motifs is 24. The molecule has 0 aliphatic carbocycles. The van der Waals surface area contributed by atoms with E-state index >= 15 is 17.6 Å². The Labute approximate surface area is 636 Å². The Hall–Kier alpha value is -14.4. The number of aromatic nitrogens is 4. The third-order valence-electron chi connectivity index (χ3n) is 24.7. The van der Waals surface area contributed by atoms with Crippen LogP contribution in [0.2, 0.25) is 0 Å². The molecule has 26 rings (SSSR count). The van der Waals surface area contributed by atoms with Crippen molar-refractivity contribution in [2.45, 2.75) is 0 Å². The predicted octanol–water partition coefficient (Wildman–Crippen LogP) is 18.4. The van der Waals surface area contributed by atoms with Gasteiger partial charge < -0.3 is 42.3 Å². The molecule has 6 aliphatic rings. The van der Waals surface area contributed by atoms with Crippen LogP contribution in [0.3, 0.4) is 0 Å². The largest absolute Gasteiger partial charge is 0.458 e. The first-order valence-corrected chi connectivity index (χ1v) is 37.7. The number of benzene rings is 16. The Morgan fingerprint density at radius 3 is 1.00 bits per heavy atom. The summed E-state index contributed by atoms with van der Waals surface area (Å²) in [6.07, 6.45) is 0. The van der Waals surface area contributed by atoms with Gasteiger partial charge in [0.2, 0.25) is 0 Å². The number of halogens is 4. The highest BCUT2D eigenvalue weighted by molar-refractivity contribution is 7.03. The number of hydrogen-bond donors (Lipinski definition) is 0. The minimum atomic E-state index is -0.763. The van der Waals surface area contributed by atoms with E-state index in [1.807, 2.05) is 72.8 Å². The summed E-state index contributed by atoms with van der Waals surface area (Å²) in [6.45, 7) is -1.76. The fourth-order valence-corrected chi connectivity index (χ4v) is 20.4. The lowest BCUT2D eigenvalue weighted by atomic mass is 9.30. The molecule has 4 aromatic heterocycles. The van der Waals surface area contributed by atoms with Crippen LogP contribution in [0.5, 0.6) is 34.5 Å². The molecule has 0 fully saturated rings. The van der Waals surface area contributed by atoms with Gasteiger partial charge in [0.1, 0.15) is 69.1 Å². The third-order valence-corrected chi connectivity index (χ3v) is 24.7. The second-order valence-electron chi connectivity index (χ2n) is 30.2. The maximum absolute atomic E-state index is 18.0. The fraction of sp³-hybridized carbons (Fsp3) is 0. The molecule has 0 unspecified atom stereocenters. The first-order valence-electron chi connectivity index (χ1n) is 37.7. The Morgan fingerprint density at radius 2 is 0.536 bits per heavy atom. The first kappa shape index (κ1) is 60.6. The minimum absolute atomic E-state index is 0.241.